The van der Waals surface area contributed by atoms with Crippen molar-refractivity contribution in [1.82, 2.24) is 9.97 Å². The van der Waals surface area contributed by atoms with E-state index < -0.39 is 0 Å². The average Bonchev–Trinajstić information content (AvgIpc) is 2.93. The number of anilines is 2. The zero-order chi connectivity index (χ0) is 14.5. The minimum atomic E-state index is 0.340. The molecule has 0 aromatic carbocycles. The SMILES string of the molecule is CCNc1nc(C)nc(N(CC)CC2CCCO2)c1C. The van der Waals surface area contributed by atoms with Gasteiger partial charge in [-0.15, -0.1) is 0 Å². The van der Waals surface area contributed by atoms with E-state index in [4.69, 9.17) is 4.74 Å². The maximum atomic E-state index is 5.75. The van der Waals surface area contributed by atoms with Gasteiger partial charge < -0.3 is 15.0 Å². The Kier molecular flexibility index (Phi) is 5.17. The third-order valence-corrected chi connectivity index (χ3v) is 3.71. The van der Waals surface area contributed by atoms with Crippen LogP contribution in [0.4, 0.5) is 11.6 Å². The molecule has 0 saturated carbocycles. The summed E-state index contributed by atoms with van der Waals surface area (Å²) in [6.45, 7) is 11.9. The number of likely N-dealkylation sites (N-methyl/N-ethyl adjacent to an activating group) is 1. The van der Waals surface area contributed by atoms with Crippen molar-refractivity contribution in [3.8, 4) is 0 Å². The van der Waals surface area contributed by atoms with E-state index in [9.17, 15) is 0 Å². The standard InChI is InChI=1S/C15H26N4O/c1-5-16-14-11(3)15(18-12(4)17-14)19(6-2)10-13-8-7-9-20-13/h13H,5-10H2,1-4H3,(H,16,17,18). The van der Waals surface area contributed by atoms with Crippen molar-refractivity contribution in [2.24, 2.45) is 0 Å². The molecule has 1 aromatic heterocycles. The molecule has 1 unspecified atom stereocenters. The molecule has 1 aromatic rings. The zero-order valence-electron chi connectivity index (χ0n) is 13.1. The Labute approximate surface area is 121 Å². The molecule has 1 saturated heterocycles. The molecule has 1 aliphatic heterocycles. The molecular weight excluding hydrogens is 252 g/mol. The molecule has 0 spiro atoms. The summed E-state index contributed by atoms with van der Waals surface area (Å²) in [5.41, 5.74) is 1.12. The van der Waals surface area contributed by atoms with E-state index in [0.29, 0.717) is 6.10 Å². The molecule has 5 nitrogen and oxygen atoms in total. The Hall–Kier alpha value is -1.36. The lowest BCUT2D eigenvalue weighted by atomic mass is 10.2. The second-order valence-corrected chi connectivity index (χ2v) is 5.27. The van der Waals surface area contributed by atoms with Gasteiger partial charge in [-0.3, -0.25) is 0 Å². The molecule has 0 radical (unpaired) electrons. The van der Waals surface area contributed by atoms with E-state index in [1.165, 1.54) is 6.42 Å². The first-order valence-electron chi connectivity index (χ1n) is 7.61. The normalized spacial score (nSPS) is 18.3. The highest BCUT2D eigenvalue weighted by atomic mass is 16.5. The van der Waals surface area contributed by atoms with Gasteiger partial charge in [-0.1, -0.05) is 0 Å². The van der Waals surface area contributed by atoms with Crippen molar-refractivity contribution in [3.63, 3.8) is 0 Å². The second kappa shape index (κ2) is 6.88. The largest absolute Gasteiger partial charge is 0.376 e. The molecule has 0 aliphatic carbocycles. The molecule has 0 amide bonds. The predicted octanol–water partition coefficient (Wildman–Crippen LogP) is 2.53. The van der Waals surface area contributed by atoms with Crippen LogP contribution in [-0.4, -0.2) is 42.3 Å². The molecule has 20 heavy (non-hydrogen) atoms. The highest BCUT2D eigenvalue weighted by molar-refractivity contribution is 5.58. The molecule has 2 rings (SSSR count). The van der Waals surface area contributed by atoms with Crippen LogP contribution in [0.15, 0.2) is 0 Å². The van der Waals surface area contributed by atoms with Crippen LogP contribution in [-0.2, 0) is 4.74 Å². The first-order valence-corrected chi connectivity index (χ1v) is 7.61. The minimum Gasteiger partial charge on any atom is -0.376 e. The van der Waals surface area contributed by atoms with Gasteiger partial charge in [-0.05, 0) is 40.5 Å². The van der Waals surface area contributed by atoms with Gasteiger partial charge in [-0.25, -0.2) is 9.97 Å². The van der Waals surface area contributed by atoms with Crippen molar-refractivity contribution < 1.29 is 4.74 Å². The fourth-order valence-electron chi connectivity index (χ4n) is 2.66. The van der Waals surface area contributed by atoms with Crippen LogP contribution in [0.3, 0.4) is 0 Å². The van der Waals surface area contributed by atoms with Gasteiger partial charge in [0.05, 0.1) is 6.10 Å². The Morgan fingerprint density at radius 3 is 2.70 bits per heavy atom. The third-order valence-electron chi connectivity index (χ3n) is 3.71. The van der Waals surface area contributed by atoms with Crippen LogP contribution in [0.1, 0.15) is 38.1 Å². The van der Waals surface area contributed by atoms with Gasteiger partial charge >= 0.3 is 0 Å². The quantitative estimate of drug-likeness (QED) is 0.866. The summed E-state index contributed by atoms with van der Waals surface area (Å²) in [4.78, 5) is 11.4. The molecule has 1 N–H and O–H groups in total. The summed E-state index contributed by atoms with van der Waals surface area (Å²) in [6, 6.07) is 0. The van der Waals surface area contributed by atoms with E-state index in [0.717, 1.165) is 55.7 Å². The van der Waals surface area contributed by atoms with Crippen molar-refractivity contribution in [2.75, 3.05) is 36.5 Å². The second-order valence-electron chi connectivity index (χ2n) is 5.27. The van der Waals surface area contributed by atoms with Gasteiger partial charge in [0.1, 0.15) is 17.5 Å². The number of hydrogen-bond donors (Lipinski definition) is 1. The lowest BCUT2D eigenvalue weighted by Crippen LogP contribution is -2.33. The molecule has 1 fully saturated rings. The van der Waals surface area contributed by atoms with Crippen molar-refractivity contribution in [1.29, 1.82) is 0 Å². The van der Waals surface area contributed by atoms with Crippen LogP contribution >= 0.6 is 0 Å². The summed E-state index contributed by atoms with van der Waals surface area (Å²) in [6.07, 6.45) is 2.67. The van der Waals surface area contributed by atoms with Crippen LogP contribution in [0.25, 0.3) is 0 Å². The summed E-state index contributed by atoms with van der Waals surface area (Å²) in [5, 5.41) is 3.32. The number of aryl methyl sites for hydroxylation is 1. The van der Waals surface area contributed by atoms with Gasteiger partial charge in [-0.2, -0.15) is 0 Å². The lowest BCUT2D eigenvalue weighted by molar-refractivity contribution is 0.115. The van der Waals surface area contributed by atoms with E-state index >= 15 is 0 Å². The van der Waals surface area contributed by atoms with Crippen molar-refractivity contribution >= 4 is 11.6 Å². The number of nitrogens with one attached hydrogen (secondary N) is 1. The smallest absolute Gasteiger partial charge is 0.137 e. The Bertz CT molecular complexity index is 444. The van der Waals surface area contributed by atoms with E-state index in [1.807, 2.05) is 6.92 Å². The zero-order valence-corrected chi connectivity index (χ0v) is 13.1. The van der Waals surface area contributed by atoms with Crippen LogP contribution in [0.5, 0.6) is 0 Å². The fraction of sp³-hybridized carbons (Fsp3) is 0.733. The monoisotopic (exact) mass is 278 g/mol. The molecule has 1 atom stereocenters. The first-order chi connectivity index (χ1) is 9.65. The van der Waals surface area contributed by atoms with E-state index in [-0.39, 0.29) is 0 Å². The van der Waals surface area contributed by atoms with E-state index in [1.54, 1.807) is 0 Å². The predicted molar refractivity (Wildman–Crippen MR) is 82.5 cm³/mol. The number of nitrogens with zero attached hydrogens (tertiary/aromatic N) is 3. The molecule has 112 valence electrons. The van der Waals surface area contributed by atoms with Gasteiger partial charge in [0.25, 0.3) is 0 Å². The lowest BCUT2D eigenvalue weighted by Gasteiger charge is -2.27. The maximum absolute atomic E-state index is 5.75. The Morgan fingerprint density at radius 1 is 1.30 bits per heavy atom. The Balaban J connectivity index is 2.23. The summed E-state index contributed by atoms with van der Waals surface area (Å²) in [7, 11) is 0. The molecule has 0 bridgehead atoms. The van der Waals surface area contributed by atoms with Crippen LogP contribution in [0, 0.1) is 13.8 Å². The molecule has 2 heterocycles. The van der Waals surface area contributed by atoms with Crippen LogP contribution in [0.2, 0.25) is 0 Å². The highest BCUT2D eigenvalue weighted by Crippen LogP contribution is 2.25. The van der Waals surface area contributed by atoms with Gasteiger partial charge in [0.2, 0.25) is 0 Å². The third kappa shape index (κ3) is 3.39. The molecule has 1 aliphatic rings. The topological polar surface area (TPSA) is 50.3 Å². The highest BCUT2D eigenvalue weighted by Gasteiger charge is 2.21. The van der Waals surface area contributed by atoms with Gasteiger partial charge in [0, 0.05) is 31.8 Å². The Morgan fingerprint density at radius 2 is 2.10 bits per heavy atom. The summed E-state index contributed by atoms with van der Waals surface area (Å²) >= 11 is 0. The average molecular weight is 278 g/mol. The molecule has 5 heteroatoms. The number of hydrogen-bond acceptors (Lipinski definition) is 5. The first kappa shape index (κ1) is 15.0. The number of aromatic nitrogens is 2. The summed E-state index contributed by atoms with van der Waals surface area (Å²) in [5.74, 6) is 2.79. The minimum absolute atomic E-state index is 0.340. The maximum Gasteiger partial charge on any atom is 0.137 e. The molecular formula is C15H26N4O. The van der Waals surface area contributed by atoms with Gasteiger partial charge in [0.15, 0.2) is 0 Å². The van der Waals surface area contributed by atoms with Crippen molar-refractivity contribution in [3.05, 3.63) is 11.4 Å². The number of rotatable bonds is 6. The van der Waals surface area contributed by atoms with Crippen molar-refractivity contribution in [2.45, 2.75) is 46.6 Å². The summed E-state index contributed by atoms with van der Waals surface area (Å²) < 4.78 is 5.75. The van der Waals surface area contributed by atoms with E-state index in [2.05, 4.69) is 41.0 Å². The van der Waals surface area contributed by atoms with Crippen LogP contribution < -0.4 is 10.2 Å². The fourth-order valence-corrected chi connectivity index (χ4v) is 2.66. The number of ether oxygens (including phenoxy) is 1.